The summed E-state index contributed by atoms with van der Waals surface area (Å²) in [6.07, 6.45) is 4.60. The van der Waals surface area contributed by atoms with Crippen LogP contribution in [0.5, 0.6) is 0 Å². The topological polar surface area (TPSA) is 57.3 Å². The first kappa shape index (κ1) is 14.0. The monoisotopic (exact) mass is 262 g/mol. The van der Waals surface area contributed by atoms with Crippen molar-refractivity contribution in [2.75, 3.05) is 32.7 Å². The van der Waals surface area contributed by atoms with Gasteiger partial charge in [-0.1, -0.05) is 0 Å². The van der Waals surface area contributed by atoms with Crippen LogP contribution in [0.2, 0.25) is 0 Å². The Labute approximate surface area is 114 Å². The minimum atomic E-state index is 0.0283. The van der Waals surface area contributed by atoms with E-state index in [1.54, 1.807) is 12.4 Å². The molecule has 2 heterocycles. The molecule has 1 aromatic heterocycles. The van der Waals surface area contributed by atoms with Crippen LogP contribution in [-0.4, -0.2) is 48.5 Å². The second-order valence-electron chi connectivity index (χ2n) is 4.95. The third kappa shape index (κ3) is 4.61. The standard InChI is InChI=1S/C14H22N4O/c1-12(13-3-6-16-7-4-13)17-14(19)11-18-9-2-5-15-8-10-18/h3-4,6-7,12,15H,2,5,8-11H2,1H3,(H,17,19)/t12-/m1/s1. The van der Waals surface area contributed by atoms with E-state index in [0.717, 1.165) is 38.2 Å². The van der Waals surface area contributed by atoms with Gasteiger partial charge < -0.3 is 10.6 Å². The minimum Gasteiger partial charge on any atom is -0.348 e. The van der Waals surface area contributed by atoms with Gasteiger partial charge in [0, 0.05) is 25.5 Å². The van der Waals surface area contributed by atoms with Crippen LogP contribution in [0.25, 0.3) is 0 Å². The lowest BCUT2D eigenvalue weighted by atomic mass is 10.1. The van der Waals surface area contributed by atoms with Gasteiger partial charge in [-0.05, 0) is 44.1 Å². The second kappa shape index (κ2) is 7.21. The predicted octanol–water partition coefficient (Wildman–Crippen LogP) is 0.554. The number of carbonyl (C=O) groups excluding carboxylic acids is 1. The first-order valence-electron chi connectivity index (χ1n) is 6.88. The van der Waals surface area contributed by atoms with Gasteiger partial charge in [0.25, 0.3) is 0 Å². The van der Waals surface area contributed by atoms with Crippen molar-refractivity contribution in [2.24, 2.45) is 0 Å². The van der Waals surface area contributed by atoms with Crippen LogP contribution < -0.4 is 10.6 Å². The molecule has 2 N–H and O–H groups in total. The lowest BCUT2D eigenvalue weighted by Crippen LogP contribution is -2.39. The molecule has 0 radical (unpaired) electrons. The molecule has 19 heavy (non-hydrogen) atoms. The van der Waals surface area contributed by atoms with Crippen LogP contribution >= 0.6 is 0 Å². The van der Waals surface area contributed by atoms with Gasteiger partial charge in [-0.25, -0.2) is 0 Å². The molecule has 2 rings (SSSR count). The molecule has 1 aromatic rings. The van der Waals surface area contributed by atoms with Gasteiger partial charge in [0.05, 0.1) is 12.6 Å². The van der Waals surface area contributed by atoms with Crippen molar-refractivity contribution in [3.05, 3.63) is 30.1 Å². The summed E-state index contributed by atoms with van der Waals surface area (Å²) < 4.78 is 0. The van der Waals surface area contributed by atoms with E-state index in [1.807, 2.05) is 19.1 Å². The Hall–Kier alpha value is -1.46. The van der Waals surface area contributed by atoms with Crippen molar-refractivity contribution in [3.8, 4) is 0 Å². The number of amides is 1. The second-order valence-corrected chi connectivity index (χ2v) is 4.95. The quantitative estimate of drug-likeness (QED) is 0.832. The number of nitrogens with zero attached hydrogens (tertiary/aromatic N) is 2. The average Bonchev–Trinajstić information content (AvgIpc) is 2.68. The van der Waals surface area contributed by atoms with Gasteiger partial charge in [0.1, 0.15) is 0 Å². The smallest absolute Gasteiger partial charge is 0.234 e. The van der Waals surface area contributed by atoms with Gasteiger partial charge >= 0.3 is 0 Å². The van der Waals surface area contributed by atoms with Crippen molar-refractivity contribution in [1.29, 1.82) is 0 Å². The van der Waals surface area contributed by atoms with Gasteiger partial charge in [-0.15, -0.1) is 0 Å². The Morgan fingerprint density at radius 3 is 3.00 bits per heavy atom. The maximum Gasteiger partial charge on any atom is 0.234 e. The molecule has 0 aliphatic carbocycles. The highest BCUT2D eigenvalue weighted by molar-refractivity contribution is 5.78. The molecule has 1 atom stereocenters. The molecule has 0 saturated carbocycles. The van der Waals surface area contributed by atoms with E-state index < -0.39 is 0 Å². The molecule has 0 bridgehead atoms. The zero-order valence-corrected chi connectivity index (χ0v) is 11.4. The fourth-order valence-electron chi connectivity index (χ4n) is 2.29. The van der Waals surface area contributed by atoms with Gasteiger partial charge in [0.15, 0.2) is 0 Å². The molecule has 5 nitrogen and oxygen atoms in total. The van der Waals surface area contributed by atoms with Gasteiger partial charge in [0.2, 0.25) is 5.91 Å². The highest BCUT2D eigenvalue weighted by atomic mass is 16.2. The van der Waals surface area contributed by atoms with Crippen LogP contribution in [0.15, 0.2) is 24.5 Å². The van der Waals surface area contributed by atoms with Crippen LogP contribution in [-0.2, 0) is 4.79 Å². The number of hydrogen-bond acceptors (Lipinski definition) is 4. The van der Waals surface area contributed by atoms with E-state index in [0.29, 0.717) is 6.54 Å². The molecule has 1 amide bonds. The highest BCUT2D eigenvalue weighted by Gasteiger charge is 2.14. The highest BCUT2D eigenvalue weighted by Crippen LogP contribution is 2.09. The molecule has 1 fully saturated rings. The van der Waals surface area contributed by atoms with E-state index in [1.165, 1.54) is 0 Å². The van der Waals surface area contributed by atoms with E-state index in [2.05, 4.69) is 20.5 Å². The lowest BCUT2D eigenvalue weighted by molar-refractivity contribution is -0.122. The van der Waals surface area contributed by atoms with Crippen molar-refractivity contribution < 1.29 is 4.79 Å². The normalized spacial score (nSPS) is 18.6. The van der Waals surface area contributed by atoms with Crippen molar-refractivity contribution >= 4 is 5.91 Å². The zero-order chi connectivity index (χ0) is 13.5. The number of carbonyl (C=O) groups is 1. The summed E-state index contributed by atoms with van der Waals surface area (Å²) in [7, 11) is 0. The van der Waals surface area contributed by atoms with Crippen molar-refractivity contribution in [2.45, 2.75) is 19.4 Å². The summed E-state index contributed by atoms with van der Waals surface area (Å²) in [5.41, 5.74) is 1.08. The molecule has 5 heteroatoms. The first-order valence-corrected chi connectivity index (χ1v) is 6.88. The van der Waals surface area contributed by atoms with Crippen molar-refractivity contribution in [3.63, 3.8) is 0 Å². The average molecular weight is 262 g/mol. The molecular weight excluding hydrogens is 240 g/mol. The Bertz CT molecular complexity index is 388. The Morgan fingerprint density at radius 1 is 1.42 bits per heavy atom. The summed E-state index contributed by atoms with van der Waals surface area (Å²) in [5.74, 6) is 0.0891. The lowest BCUT2D eigenvalue weighted by Gasteiger charge is -2.21. The summed E-state index contributed by atoms with van der Waals surface area (Å²) >= 11 is 0. The van der Waals surface area contributed by atoms with Gasteiger partial charge in [-0.2, -0.15) is 0 Å². The molecule has 0 spiro atoms. The van der Waals surface area contributed by atoms with Crippen LogP contribution in [0.4, 0.5) is 0 Å². The SMILES string of the molecule is C[C@@H](NC(=O)CN1CCCNCC1)c1ccncc1. The zero-order valence-electron chi connectivity index (χ0n) is 11.4. The summed E-state index contributed by atoms with van der Waals surface area (Å²) in [5, 5.41) is 6.37. The largest absolute Gasteiger partial charge is 0.348 e. The summed E-state index contributed by atoms with van der Waals surface area (Å²) in [4.78, 5) is 18.2. The van der Waals surface area contributed by atoms with Crippen molar-refractivity contribution in [1.82, 2.24) is 20.5 Å². The number of pyridine rings is 1. The molecule has 1 aliphatic rings. The fourth-order valence-corrected chi connectivity index (χ4v) is 2.29. The predicted molar refractivity (Wildman–Crippen MR) is 74.7 cm³/mol. The molecule has 1 saturated heterocycles. The number of nitrogens with one attached hydrogen (secondary N) is 2. The van der Waals surface area contributed by atoms with E-state index in [-0.39, 0.29) is 11.9 Å². The Balaban J connectivity index is 1.80. The van der Waals surface area contributed by atoms with E-state index >= 15 is 0 Å². The summed E-state index contributed by atoms with van der Waals surface area (Å²) in [6, 6.07) is 3.89. The number of aromatic nitrogens is 1. The maximum absolute atomic E-state index is 12.0. The maximum atomic E-state index is 12.0. The number of hydrogen-bond donors (Lipinski definition) is 2. The van der Waals surface area contributed by atoms with Crippen LogP contribution in [0.1, 0.15) is 24.9 Å². The van der Waals surface area contributed by atoms with E-state index in [4.69, 9.17) is 0 Å². The van der Waals surface area contributed by atoms with E-state index in [9.17, 15) is 4.79 Å². The fraction of sp³-hybridized carbons (Fsp3) is 0.571. The number of rotatable bonds is 4. The summed E-state index contributed by atoms with van der Waals surface area (Å²) in [6.45, 7) is 6.42. The molecule has 104 valence electrons. The Morgan fingerprint density at radius 2 is 2.21 bits per heavy atom. The van der Waals surface area contributed by atoms with Gasteiger partial charge in [-0.3, -0.25) is 14.7 Å². The molecular formula is C14H22N4O. The third-order valence-corrected chi connectivity index (χ3v) is 3.38. The first-order chi connectivity index (χ1) is 9.25. The molecule has 1 aliphatic heterocycles. The Kier molecular flexibility index (Phi) is 5.30. The molecule has 0 unspecified atom stereocenters. The van der Waals surface area contributed by atoms with Crippen LogP contribution in [0, 0.1) is 0 Å². The van der Waals surface area contributed by atoms with Crippen LogP contribution in [0.3, 0.4) is 0 Å². The molecule has 0 aromatic carbocycles. The minimum absolute atomic E-state index is 0.0283. The third-order valence-electron chi connectivity index (χ3n) is 3.38.